The lowest BCUT2D eigenvalue weighted by Crippen LogP contribution is -2.47. The van der Waals surface area contributed by atoms with E-state index in [1.807, 2.05) is 0 Å². The highest BCUT2D eigenvalue weighted by molar-refractivity contribution is 6.42. The molecule has 0 aliphatic carbocycles. The second-order valence-corrected chi connectivity index (χ2v) is 6.62. The highest BCUT2D eigenvalue weighted by Gasteiger charge is 2.57. The summed E-state index contributed by atoms with van der Waals surface area (Å²) < 4.78 is 19.3. The molecule has 2 aromatic carbocycles. The van der Waals surface area contributed by atoms with Crippen LogP contribution in [0, 0.1) is 0 Å². The number of methoxy groups -OCH3 is 1. The minimum absolute atomic E-state index is 0.189. The van der Waals surface area contributed by atoms with Crippen LogP contribution in [0.1, 0.15) is 5.56 Å². The van der Waals surface area contributed by atoms with Crippen molar-refractivity contribution < 1.29 is 18.7 Å². The molecule has 1 aliphatic heterocycles. The number of carbonyl (C=O) groups is 2. The van der Waals surface area contributed by atoms with Crippen LogP contribution < -0.4 is 9.64 Å². The number of alkyl halides is 1. The molecular weight excluding hydrogens is 382 g/mol. The van der Waals surface area contributed by atoms with Gasteiger partial charge in [0.15, 0.2) is 5.54 Å². The standard InChI is InChI=1S/C18H15Cl2FN2O3/c1-22-17(25)23(12-5-8-14(19)15(20)9-12)16(24)18(22,10-21)11-3-6-13(26-2)7-4-11/h3-9H,10H2,1-2H3. The topological polar surface area (TPSA) is 49.9 Å². The van der Waals surface area contributed by atoms with Crippen molar-refractivity contribution in [2.45, 2.75) is 5.54 Å². The van der Waals surface area contributed by atoms with Crippen molar-refractivity contribution in [2.75, 3.05) is 25.7 Å². The van der Waals surface area contributed by atoms with Crippen LogP contribution in [0.2, 0.25) is 10.0 Å². The molecule has 1 aliphatic rings. The fourth-order valence-electron chi connectivity index (χ4n) is 2.99. The maximum absolute atomic E-state index is 14.2. The lowest BCUT2D eigenvalue weighted by molar-refractivity contribution is -0.125. The van der Waals surface area contributed by atoms with Crippen molar-refractivity contribution in [1.29, 1.82) is 0 Å². The van der Waals surface area contributed by atoms with Crippen LogP contribution in [0.5, 0.6) is 5.75 Å². The monoisotopic (exact) mass is 396 g/mol. The summed E-state index contributed by atoms with van der Waals surface area (Å²) in [4.78, 5) is 27.9. The van der Waals surface area contributed by atoms with E-state index in [1.54, 1.807) is 24.3 Å². The van der Waals surface area contributed by atoms with E-state index in [1.165, 1.54) is 32.4 Å². The Hall–Kier alpha value is -2.31. The Morgan fingerprint density at radius 2 is 1.73 bits per heavy atom. The molecule has 5 nitrogen and oxygen atoms in total. The molecule has 3 amide bonds. The molecule has 1 atom stereocenters. The summed E-state index contributed by atoms with van der Waals surface area (Å²) in [5.74, 6) is -0.139. The quantitative estimate of drug-likeness (QED) is 0.725. The van der Waals surface area contributed by atoms with Gasteiger partial charge in [0.1, 0.15) is 12.4 Å². The molecule has 136 valence electrons. The van der Waals surface area contributed by atoms with Crippen LogP contribution in [0.25, 0.3) is 0 Å². The predicted octanol–water partition coefficient (Wildman–Crippen LogP) is 4.27. The first-order valence-electron chi connectivity index (χ1n) is 7.64. The summed E-state index contributed by atoms with van der Waals surface area (Å²) >= 11 is 11.9. The van der Waals surface area contributed by atoms with Crippen molar-refractivity contribution in [2.24, 2.45) is 0 Å². The summed E-state index contributed by atoms with van der Waals surface area (Å²) in [6.45, 7) is -1.07. The minimum Gasteiger partial charge on any atom is -0.497 e. The first-order valence-corrected chi connectivity index (χ1v) is 8.40. The fraction of sp³-hybridized carbons (Fsp3) is 0.222. The third kappa shape index (κ3) is 2.61. The Morgan fingerprint density at radius 3 is 2.27 bits per heavy atom. The van der Waals surface area contributed by atoms with Gasteiger partial charge in [0.05, 0.1) is 22.8 Å². The van der Waals surface area contributed by atoms with E-state index in [2.05, 4.69) is 0 Å². The third-order valence-corrected chi connectivity index (χ3v) is 5.27. The zero-order chi connectivity index (χ0) is 19.1. The zero-order valence-electron chi connectivity index (χ0n) is 14.0. The van der Waals surface area contributed by atoms with Crippen LogP contribution in [-0.2, 0) is 10.3 Å². The number of imide groups is 1. The van der Waals surface area contributed by atoms with Gasteiger partial charge >= 0.3 is 6.03 Å². The number of carbonyl (C=O) groups excluding carboxylic acids is 2. The lowest BCUT2D eigenvalue weighted by Gasteiger charge is -2.30. The third-order valence-electron chi connectivity index (χ3n) is 4.53. The Balaban J connectivity index is 2.10. The Morgan fingerprint density at radius 1 is 1.08 bits per heavy atom. The molecule has 2 aromatic rings. The van der Waals surface area contributed by atoms with Gasteiger partial charge in [0.2, 0.25) is 0 Å². The number of benzene rings is 2. The fourth-order valence-corrected chi connectivity index (χ4v) is 3.28. The minimum atomic E-state index is -1.75. The molecule has 0 N–H and O–H groups in total. The second-order valence-electron chi connectivity index (χ2n) is 5.80. The Kier molecular flexibility index (Phi) is 4.82. The number of hydrogen-bond donors (Lipinski definition) is 0. The van der Waals surface area contributed by atoms with Crippen LogP contribution in [0.15, 0.2) is 42.5 Å². The van der Waals surface area contributed by atoms with E-state index in [0.29, 0.717) is 11.3 Å². The van der Waals surface area contributed by atoms with Gasteiger partial charge in [-0.05, 0) is 35.9 Å². The molecule has 1 saturated heterocycles. The number of hydrogen-bond acceptors (Lipinski definition) is 3. The van der Waals surface area contributed by atoms with E-state index in [0.717, 1.165) is 9.80 Å². The number of ether oxygens (including phenoxy) is 1. The van der Waals surface area contributed by atoms with Crippen molar-refractivity contribution in [3.63, 3.8) is 0 Å². The van der Waals surface area contributed by atoms with E-state index < -0.39 is 24.2 Å². The summed E-state index contributed by atoms with van der Waals surface area (Å²) in [5, 5.41) is 0.476. The summed E-state index contributed by atoms with van der Waals surface area (Å²) in [5.41, 5.74) is -1.18. The highest BCUT2D eigenvalue weighted by Crippen LogP contribution is 2.40. The molecule has 1 unspecified atom stereocenters. The molecule has 1 heterocycles. The number of nitrogens with zero attached hydrogens (tertiary/aromatic N) is 2. The zero-order valence-corrected chi connectivity index (χ0v) is 15.5. The first-order chi connectivity index (χ1) is 12.4. The molecule has 0 aromatic heterocycles. The van der Waals surface area contributed by atoms with Crippen molar-refractivity contribution in [3.8, 4) is 5.75 Å². The Labute approximate surface area is 159 Å². The Bertz CT molecular complexity index is 875. The van der Waals surface area contributed by atoms with E-state index in [4.69, 9.17) is 27.9 Å². The second kappa shape index (κ2) is 6.78. The van der Waals surface area contributed by atoms with Crippen LogP contribution in [0.3, 0.4) is 0 Å². The van der Waals surface area contributed by atoms with Gasteiger partial charge in [-0.1, -0.05) is 35.3 Å². The summed E-state index contributed by atoms with van der Waals surface area (Å²) in [7, 11) is 2.89. The molecular formula is C18H15Cl2FN2O3. The molecule has 1 fully saturated rings. The normalized spacial score (nSPS) is 20.0. The van der Waals surface area contributed by atoms with Crippen molar-refractivity contribution in [1.82, 2.24) is 4.90 Å². The maximum atomic E-state index is 14.2. The number of amides is 3. The predicted molar refractivity (Wildman–Crippen MR) is 97.8 cm³/mol. The molecule has 8 heteroatoms. The number of likely N-dealkylation sites (N-methyl/N-ethyl adjacent to an activating group) is 1. The number of rotatable bonds is 4. The van der Waals surface area contributed by atoms with Gasteiger partial charge in [-0.15, -0.1) is 0 Å². The number of anilines is 1. The van der Waals surface area contributed by atoms with Gasteiger partial charge in [-0.2, -0.15) is 0 Å². The SMILES string of the molecule is COc1ccc(C2(CF)C(=O)N(c3ccc(Cl)c(Cl)c3)C(=O)N2C)cc1. The molecule has 0 saturated carbocycles. The molecule has 26 heavy (non-hydrogen) atoms. The van der Waals surface area contributed by atoms with Crippen LogP contribution in [0.4, 0.5) is 14.9 Å². The van der Waals surface area contributed by atoms with Gasteiger partial charge in [0.25, 0.3) is 5.91 Å². The largest absolute Gasteiger partial charge is 0.497 e. The molecule has 0 radical (unpaired) electrons. The van der Waals surface area contributed by atoms with Crippen molar-refractivity contribution >= 4 is 40.8 Å². The van der Waals surface area contributed by atoms with Gasteiger partial charge in [0, 0.05) is 7.05 Å². The van der Waals surface area contributed by atoms with Gasteiger partial charge in [-0.3, -0.25) is 4.79 Å². The summed E-state index contributed by atoms with van der Waals surface area (Å²) in [6.07, 6.45) is 0. The lowest BCUT2D eigenvalue weighted by atomic mass is 9.89. The average Bonchev–Trinajstić information content (AvgIpc) is 2.84. The van der Waals surface area contributed by atoms with Crippen LogP contribution in [-0.4, -0.2) is 37.7 Å². The van der Waals surface area contributed by atoms with E-state index in [-0.39, 0.29) is 15.7 Å². The number of halogens is 3. The first kappa shape index (κ1) is 18.5. The van der Waals surface area contributed by atoms with Crippen LogP contribution >= 0.6 is 23.2 Å². The van der Waals surface area contributed by atoms with Gasteiger partial charge in [-0.25, -0.2) is 14.1 Å². The molecule has 0 bridgehead atoms. The van der Waals surface area contributed by atoms with Crippen molar-refractivity contribution in [3.05, 3.63) is 58.1 Å². The molecule has 3 rings (SSSR count). The average molecular weight is 397 g/mol. The summed E-state index contributed by atoms with van der Waals surface area (Å²) in [6, 6.07) is 10.1. The smallest absolute Gasteiger partial charge is 0.332 e. The highest BCUT2D eigenvalue weighted by atomic mass is 35.5. The maximum Gasteiger partial charge on any atom is 0.332 e. The van der Waals surface area contributed by atoms with Gasteiger partial charge < -0.3 is 9.64 Å². The number of urea groups is 1. The van der Waals surface area contributed by atoms with E-state index in [9.17, 15) is 14.0 Å². The van der Waals surface area contributed by atoms with E-state index >= 15 is 0 Å². The molecule has 0 spiro atoms.